The van der Waals surface area contributed by atoms with Gasteiger partial charge < -0.3 is 9.64 Å². The minimum atomic E-state index is -3.06. The number of aromatic nitrogens is 1. The Kier molecular flexibility index (Phi) is 6.87. The van der Waals surface area contributed by atoms with Gasteiger partial charge in [0.1, 0.15) is 12.4 Å². The van der Waals surface area contributed by atoms with Crippen molar-refractivity contribution in [2.24, 2.45) is 0 Å². The highest BCUT2D eigenvalue weighted by atomic mass is 32.2. The van der Waals surface area contributed by atoms with Gasteiger partial charge >= 0.3 is 0 Å². The molecule has 1 atom stereocenters. The second kappa shape index (κ2) is 9.37. The molecule has 0 spiro atoms. The first-order valence-corrected chi connectivity index (χ1v) is 12.0. The van der Waals surface area contributed by atoms with E-state index in [2.05, 4.69) is 11.6 Å². The summed E-state index contributed by atoms with van der Waals surface area (Å²) in [5.74, 6) is 0.657. The zero-order valence-corrected chi connectivity index (χ0v) is 17.9. The van der Waals surface area contributed by atoms with E-state index >= 15 is 0 Å². The van der Waals surface area contributed by atoms with Gasteiger partial charge in [0.2, 0.25) is 5.91 Å². The number of ether oxygens (including phenoxy) is 1. The number of hydrogen-bond acceptors (Lipinski definition) is 6. The van der Waals surface area contributed by atoms with Crippen molar-refractivity contribution < 1.29 is 17.9 Å². The Morgan fingerprint density at radius 1 is 1.38 bits per heavy atom. The molecule has 1 fully saturated rings. The summed E-state index contributed by atoms with van der Waals surface area (Å²) in [6, 6.07) is 7.12. The monoisotopic (exact) mass is 432 g/mol. The van der Waals surface area contributed by atoms with Crippen LogP contribution in [-0.2, 0) is 21.2 Å². The zero-order chi connectivity index (χ0) is 20.9. The maximum Gasteiger partial charge on any atom is 0.247 e. The van der Waals surface area contributed by atoms with Gasteiger partial charge in [-0.3, -0.25) is 4.79 Å². The Hall–Kier alpha value is -2.45. The molecular weight excluding hydrogens is 408 g/mol. The summed E-state index contributed by atoms with van der Waals surface area (Å²) in [7, 11) is -3.06. The van der Waals surface area contributed by atoms with Crippen LogP contribution in [0, 0.1) is 6.92 Å². The summed E-state index contributed by atoms with van der Waals surface area (Å²) < 4.78 is 29.2. The van der Waals surface area contributed by atoms with Crippen molar-refractivity contribution in [1.82, 2.24) is 9.88 Å². The molecule has 29 heavy (non-hydrogen) atoms. The molecule has 0 radical (unpaired) electrons. The SMILES string of the molecule is C=CCN(C(=O)/C=C/c1ccc(OCc2csc(C)n2)cc1)C1CCS(=O)(=O)C1. The second-order valence-electron chi connectivity index (χ2n) is 6.89. The van der Waals surface area contributed by atoms with Gasteiger partial charge in [0.25, 0.3) is 0 Å². The first kappa shape index (κ1) is 21.3. The molecule has 6 nitrogen and oxygen atoms in total. The van der Waals surface area contributed by atoms with Crippen molar-refractivity contribution in [3.05, 3.63) is 64.6 Å². The van der Waals surface area contributed by atoms with E-state index in [1.54, 1.807) is 28.4 Å². The molecule has 154 valence electrons. The van der Waals surface area contributed by atoms with Crippen LogP contribution in [0.2, 0.25) is 0 Å². The Morgan fingerprint density at radius 2 is 2.14 bits per heavy atom. The van der Waals surface area contributed by atoms with Crippen LogP contribution in [0.5, 0.6) is 5.75 Å². The minimum absolute atomic E-state index is 0.0188. The predicted molar refractivity (Wildman–Crippen MR) is 116 cm³/mol. The second-order valence-corrected chi connectivity index (χ2v) is 10.2. The third kappa shape index (κ3) is 6.01. The molecule has 0 bridgehead atoms. The first-order chi connectivity index (χ1) is 13.9. The first-order valence-electron chi connectivity index (χ1n) is 9.30. The maximum absolute atomic E-state index is 12.6. The van der Waals surface area contributed by atoms with E-state index in [9.17, 15) is 13.2 Å². The summed E-state index contributed by atoms with van der Waals surface area (Å²) in [6.45, 7) is 6.37. The fourth-order valence-corrected chi connectivity index (χ4v) is 5.48. The van der Waals surface area contributed by atoms with Gasteiger partial charge in [0.15, 0.2) is 9.84 Å². The number of carbonyl (C=O) groups is 1. The van der Waals surface area contributed by atoms with Crippen LogP contribution in [0.25, 0.3) is 6.08 Å². The molecule has 1 amide bonds. The number of nitrogens with zero attached hydrogens (tertiary/aromatic N) is 2. The van der Waals surface area contributed by atoms with E-state index in [4.69, 9.17) is 4.74 Å². The van der Waals surface area contributed by atoms with Crippen molar-refractivity contribution in [2.45, 2.75) is 26.0 Å². The van der Waals surface area contributed by atoms with Gasteiger partial charge in [-0.1, -0.05) is 18.2 Å². The summed E-state index contributed by atoms with van der Waals surface area (Å²) in [5.41, 5.74) is 1.76. The largest absolute Gasteiger partial charge is 0.487 e. The molecule has 1 aromatic heterocycles. The minimum Gasteiger partial charge on any atom is -0.487 e. The lowest BCUT2D eigenvalue weighted by Crippen LogP contribution is -2.40. The van der Waals surface area contributed by atoms with Crippen LogP contribution in [0.1, 0.15) is 22.7 Å². The molecule has 1 aliphatic heterocycles. The number of hydrogen-bond donors (Lipinski definition) is 0. The predicted octanol–water partition coefficient (Wildman–Crippen LogP) is 3.25. The number of aryl methyl sites for hydroxylation is 1. The molecule has 1 saturated heterocycles. The Balaban J connectivity index is 1.59. The maximum atomic E-state index is 12.6. The average molecular weight is 433 g/mol. The van der Waals surface area contributed by atoms with Crippen molar-refractivity contribution >= 4 is 33.2 Å². The smallest absolute Gasteiger partial charge is 0.247 e. The number of amides is 1. The summed E-state index contributed by atoms with van der Waals surface area (Å²) in [4.78, 5) is 18.5. The Bertz CT molecular complexity index is 994. The molecular formula is C21H24N2O4S2. The molecule has 0 aliphatic carbocycles. The van der Waals surface area contributed by atoms with Gasteiger partial charge in [-0.15, -0.1) is 17.9 Å². The molecule has 2 aromatic rings. The zero-order valence-electron chi connectivity index (χ0n) is 16.3. The average Bonchev–Trinajstić information content (AvgIpc) is 3.28. The Morgan fingerprint density at radius 3 is 2.72 bits per heavy atom. The number of sulfone groups is 1. The summed E-state index contributed by atoms with van der Waals surface area (Å²) in [6.07, 6.45) is 5.28. The lowest BCUT2D eigenvalue weighted by Gasteiger charge is -2.25. The molecule has 8 heteroatoms. The van der Waals surface area contributed by atoms with E-state index < -0.39 is 9.84 Å². The molecule has 2 heterocycles. The highest BCUT2D eigenvalue weighted by molar-refractivity contribution is 7.91. The van der Waals surface area contributed by atoms with Crippen molar-refractivity contribution in [2.75, 3.05) is 18.1 Å². The molecule has 1 aromatic carbocycles. The number of thiazole rings is 1. The topological polar surface area (TPSA) is 76.6 Å². The Labute approximate surface area is 175 Å². The highest BCUT2D eigenvalue weighted by Gasteiger charge is 2.33. The number of carbonyl (C=O) groups excluding carboxylic acids is 1. The van der Waals surface area contributed by atoms with Crippen LogP contribution in [0.15, 0.2) is 48.4 Å². The molecule has 0 saturated carbocycles. The van der Waals surface area contributed by atoms with Gasteiger partial charge in [0, 0.05) is 24.0 Å². The lowest BCUT2D eigenvalue weighted by atomic mass is 10.2. The molecule has 0 N–H and O–H groups in total. The number of benzene rings is 1. The van der Waals surface area contributed by atoms with Crippen molar-refractivity contribution in [1.29, 1.82) is 0 Å². The lowest BCUT2D eigenvalue weighted by molar-refractivity contribution is -0.127. The van der Waals surface area contributed by atoms with Crippen LogP contribution >= 0.6 is 11.3 Å². The van der Waals surface area contributed by atoms with E-state index in [1.807, 2.05) is 36.6 Å². The van der Waals surface area contributed by atoms with Crippen molar-refractivity contribution in [3.8, 4) is 5.75 Å². The van der Waals surface area contributed by atoms with Crippen LogP contribution < -0.4 is 4.74 Å². The summed E-state index contributed by atoms with van der Waals surface area (Å²) >= 11 is 1.59. The molecule has 3 rings (SSSR count). The van der Waals surface area contributed by atoms with Crippen LogP contribution in [-0.4, -0.2) is 48.3 Å². The van der Waals surface area contributed by atoms with E-state index in [0.717, 1.165) is 22.0 Å². The standard InChI is InChI=1S/C21H24N2O4S2/c1-3-11-23(19-10-12-29(25,26)15-19)21(24)9-6-17-4-7-20(8-5-17)27-13-18-14-28-16(2)22-18/h3-9,14,19H,1,10-13,15H2,2H3/b9-6+. The van der Waals surface area contributed by atoms with Gasteiger partial charge in [-0.2, -0.15) is 0 Å². The third-order valence-corrected chi connectivity index (χ3v) is 7.18. The molecule has 1 aliphatic rings. The fourth-order valence-electron chi connectivity index (χ4n) is 3.15. The van der Waals surface area contributed by atoms with E-state index in [-0.39, 0.29) is 23.5 Å². The highest BCUT2D eigenvalue weighted by Crippen LogP contribution is 2.19. The summed E-state index contributed by atoms with van der Waals surface area (Å²) in [5, 5.41) is 2.98. The van der Waals surface area contributed by atoms with Crippen molar-refractivity contribution in [3.63, 3.8) is 0 Å². The van der Waals surface area contributed by atoms with Gasteiger partial charge in [0.05, 0.1) is 22.2 Å². The van der Waals surface area contributed by atoms with E-state index in [1.165, 1.54) is 6.08 Å². The van der Waals surface area contributed by atoms with Gasteiger partial charge in [-0.25, -0.2) is 13.4 Å². The van der Waals surface area contributed by atoms with E-state index in [0.29, 0.717) is 19.6 Å². The normalized spacial score (nSPS) is 18.0. The van der Waals surface area contributed by atoms with Crippen LogP contribution in [0.4, 0.5) is 0 Å². The quantitative estimate of drug-likeness (QED) is 0.473. The fraction of sp³-hybridized carbons (Fsp3) is 0.333. The number of rotatable bonds is 8. The van der Waals surface area contributed by atoms with Gasteiger partial charge in [-0.05, 0) is 37.1 Å². The third-order valence-electron chi connectivity index (χ3n) is 4.61. The van der Waals surface area contributed by atoms with Crippen LogP contribution in [0.3, 0.4) is 0 Å². The molecule has 1 unspecified atom stereocenters.